The molecule has 2 aromatic rings. The summed E-state index contributed by atoms with van der Waals surface area (Å²) in [6.45, 7) is 1.19. The Hall–Kier alpha value is -0.0605. The average molecular weight is 357 g/mol. The van der Waals surface area contributed by atoms with E-state index in [9.17, 15) is 4.79 Å². The van der Waals surface area contributed by atoms with Gasteiger partial charge in [-0.05, 0) is 0 Å². The van der Waals surface area contributed by atoms with Gasteiger partial charge < -0.3 is 0 Å². The number of fused-ring (bicyclic) bond motifs is 1. The van der Waals surface area contributed by atoms with Crippen LogP contribution in [0.25, 0.3) is 9.65 Å². The molecule has 0 saturated heterocycles. The first-order chi connectivity index (χ1) is 6.72. The van der Waals surface area contributed by atoms with E-state index < -0.39 is 0 Å². The normalized spacial score (nSPS) is 10.3. The number of halogens is 2. The third kappa shape index (κ3) is 2.55. The summed E-state index contributed by atoms with van der Waals surface area (Å²) in [5.41, 5.74) is 5.56. The minimum atomic E-state index is 0. The van der Waals surface area contributed by atoms with Crippen LogP contribution in [-0.4, -0.2) is 24.8 Å². The molecule has 3 nitrogen and oxygen atoms in total. The molecule has 0 radical (unpaired) electrons. The molecule has 0 atom stereocenters. The molecule has 0 unspecified atom stereocenters. The first kappa shape index (κ1) is 13.0. The summed E-state index contributed by atoms with van der Waals surface area (Å²) >= 11 is 3.48. The van der Waals surface area contributed by atoms with Crippen LogP contribution < -0.4 is 11.3 Å². The molecule has 0 aliphatic rings. The number of benzene rings is 1. The van der Waals surface area contributed by atoms with Crippen molar-refractivity contribution in [2.24, 2.45) is 5.73 Å². The van der Waals surface area contributed by atoms with E-state index in [4.69, 9.17) is 5.73 Å². The zero-order chi connectivity index (χ0) is 10.1. The van der Waals surface area contributed by atoms with Gasteiger partial charge in [-0.3, -0.25) is 0 Å². The fraction of sp³-hybridized carbons (Fsp3) is 0.222. The summed E-state index contributed by atoms with van der Waals surface area (Å²) in [5, 5.41) is 0.827. The van der Waals surface area contributed by atoms with Crippen molar-refractivity contribution in [1.82, 2.24) is 3.56 Å². The van der Waals surface area contributed by atoms with Crippen molar-refractivity contribution in [3.63, 3.8) is 0 Å². The molecule has 2 rings (SSSR count). The monoisotopic (exact) mass is 356 g/mol. The van der Waals surface area contributed by atoms with Crippen LogP contribution in [0, 0.1) is 0 Å². The van der Waals surface area contributed by atoms with Crippen LogP contribution in [0.1, 0.15) is 0 Å². The molecule has 0 saturated carbocycles. The fourth-order valence-electron chi connectivity index (χ4n) is 1.31. The number of nitrogens with two attached hydrogens (primary N) is 1. The first-order valence-electron chi connectivity index (χ1n) is 4.22. The maximum absolute atomic E-state index is 11.8. The number of aromatic nitrogens is 1. The summed E-state index contributed by atoms with van der Waals surface area (Å²) in [6.07, 6.45) is 0. The Morgan fingerprint density at radius 3 is 2.87 bits per heavy atom. The van der Waals surface area contributed by atoms with Crippen LogP contribution >= 0.6 is 28.3 Å². The van der Waals surface area contributed by atoms with Crippen LogP contribution in [0.2, 0.25) is 0 Å². The van der Waals surface area contributed by atoms with Crippen LogP contribution in [0.3, 0.4) is 0 Å². The van der Waals surface area contributed by atoms with Gasteiger partial charge in [-0.1, -0.05) is 0 Å². The van der Waals surface area contributed by atoms with Crippen molar-refractivity contribution in [1.29, 1.82) is 0 Å². The van der Waals surface area contributed by atoms with Crippen molar-refractivity contribution < 1.29 is 0 Å². The molecule has 0 amide bonds. The molecule has 0 aliphatic heterocycles. The molecule has 0 bridgehead atoms. The molecule has 1 aromatic carbocycles. The SMILES string of the molecule is Cl.NCCn1[se]c2ccc(Br)cc2c1=O. The van der Waals surface area contributed by atoms with Crippen LogP contribution in [0.15, 0.2) is 27.5 Å². The first-order valence-corrected chi connectivity index (χ1v) is 6.63. The van der Waals surface area contributed by atoms with E-state index in [2.05, 4.69) is 15.9 Å². The molecule has 1 heterocycles. The van der Waals surface area contributed by atoms with Crippen molar-refractivity contribution >= 4 is 52.7 Å². The third-order valence-electron chi connectivity index (χ3n) is 1.94. The quantitative estimate of drug-likeness (QED) is 0.822. The van der Waals surface area contributed by atoms with Crippen molar-refractivity contribution in [3.8, 4) is 0 Å². The predicted octanol–water partition coefficient (Wildman–Crippen LogP) is 1.20. The Morgan fingerprint density at radius 2 is 2.20 bits per heavy atom. The van der Waals surface area contributed by atoms with E-state index in [-0.39, 0.29) is 32.7 Å². The zero-order valence-electron chi connectivity index (χ0n) is 7.77. The Morgan fingerprint density at radius 1 is 1.47 bits per heavy atom. The molecule has 82 valence electrons. The van der Waals surface area contributed by atoms with Crippen molar-refractivity contribution in [2.45, 2.75) is 6.54 Å². The van der Waals surface area contributed by atoms with E-state index in [0.717, 1.165) is 14.1 Å². The second-order valence-corrected chi connectivity index (χ2v) is 6.07. The van der Waals surface area contributed by atoms with Gasteiger partial charge in [0.2, 0.25) is 0 Å². The van der Waals surface area contributed by atoms with Crippen LogP contribution in [0.4, 0.5) is 0 Å². The second-order valence-electron chi connectivity index (χ2n) is 2.93. The molecular weight excluding hydrogens is 346 g/mol. The number of nitrogens with zero attached hydrogens (tertiary/aromatic N) is 1. The molecule has 1 aromatic heterocycles. The van der Waals surface area contributed by atoms with Gasteiger partial charge in [0.1, 0.15) is 0 Å². The van der Waals surface area contributed by atoms with Crippen LogP contribution in [0.5, 0.6) is 0 Å². The number of hydrogen-bond donors (Lipinski definition) is 1. The summed E-state index contributed by atoms with van der Waals surface area (Å²) in [5.74, 6) is 0. The van der Waals surface area contributed by atoms with Gasteiger partial charge in [-0.2, -0.15) is 0 Å². The second kappa shape index (κ2) is 5.32. The Labute approximate surface area is 108 Å². The van der Waals surface area contributed by atoms with Gasteiger partial charge >= 0.3 is 95.7 Å². The van der Waals surface area contributed by atoms with Crippen LogP contribution in [-0.2, 0) is 6.54 Å². The predicted molar refractivity (Wildman–Crippen MR) is 69.2 cm³/mol. The Bertz CT molecular complexity index is 522. The van der Waals surface area contributed by atoms with Gasteiger partial charge in [0.25, 0.3) is 0 Å². The molecule has 2 N–H and O–H groups in total. The van der Waals surface area contributed by atoms with E-state index in [1.807, 2.05) is 21.8 Å². The average Bonchev–Trinajstić information content (AvgIpc) is 2.46. The van der Waals surface area contributed by atoms with E-state index in [1.165, 1.54) is 0 Å². The van der Waals surface area contributed by atoms with Gasteiger partial charge in [-0.15, -0.1) is 12.4 Å². The van der Waals surface area contributed by atoms with Gasteiger partial charge in [0.15, 0.2) is 0 Å². The summed E-state index contributed by atoms with van der Waals surface area (Å²) in [7, 11) is 0. The van der Waals surface area contributed by atoms with E-state index in [0.29, 0.717) is 13.1 Å². The third-order valence-corrected chi connectivity index (χ3v) is 4.79. The molecule has 0 spiro atoms. The fourth-order valence-corrected chi connectivity index (χ4v) is 3.74. The molecule has 0 fully saturated rings. The Kier molecular flexibility index (Phi) is 4.62. The van der Waals surface area contributed by atoms with Crippen molar-refractivity contribution in [2.75, 3.05) is 6.54 Å². The van der Waals surface area contributed by atoms with Gasteiger partial charge in [0.05, 0.1) is 0 Å². The van der Waals surface area contributed by atoms with E-state index >= 15 is 0 Å². The maximum atomic E-state index is 11.8. The molecular formula is C9H10BrClN2OSe. The summed E-state index contributed by atoms with van der Waals surface area (Å²) < 4.78 is 3.94. The zero-order valence-corrected chi connectivity index (χ0v) is 11.9. The number of rotatable bonds is 2. The van der Waals surface area contributed by atoms with Crippen molar-refractivity contribution in [3.05, 3.63) is 33.0 Å². The topological polar surface area (TPSA) is 48.0 Å². The molecule has 0 aliphatic carbocycles. The molecule has 6 heteroatoms. The Balaban J connectivity index is 0.00000112. The van der Waals surface area contributed by atoms with Gasteiger partial charge in [-0.25, -0.2) is 0 Å². The van der Waals surface area contributed by atoms with E-state index in [1.54, 1.807) is 0 Å². The molecule has 15 heavy (non-hydrogen) atoms. The number of hydrogen-bond acceptors (Lipinski definition) is 2. The van der Waals surface area contributed by atoms with Gasteiger partial charge in [0, 0.05) is 0 Å². The minimum absolute atomic E-state index is 0. The summed E-state index contributed by atoms with van der Waals surface area (Å²) in [4.78, 5) is 11.8. The summed E-state index contributed by atoms with van der Waals surface area (Å²) in [6, 6.07) is 5.86. The standard InChI is InChI=1S/C9H9BrN2OSe.ClH/c10-6-1-2-8-7(5-6)9(13)12(14-8)4-3-11;/h1-2,5H,3-4,11H2;1H.